The molecule has 2 saturated heterocycles. The summed E-state index contributed by atoms with van der Waals surface area (Å²) in [4.78, 5) is 33.8. The number of aromatic nitrogens is 1. The summed E-state index contributed by atoms with van der Waals surface area (Å²) >= 11 is 0. The van der Waals surface area contributed by atoms with Crippen LogP contribution in [0, 0.1) is 5.92 Å². The molecule has 3 aliphatic rings. The van der Waals surface area contributed by atoms with Crippen LogP contribution in [0.4, 0.5) is 11.6 Å². The van der Waals surface area contributed by atoms with Crippen LogP contribution in [0.15, 0.2) is 12.1 Å². The van der Waals surface area contributed by atoms with Gasteiger partial charge in [0, 0.05) is 38.6 Å². The Morgan fingerprint density at radius 2 is 1.65 bits per heavy atom. The lowest BCUT2D eigenvalue weighted by atomic mass is 9.94. The van der Waals surface area contributed by atoms with Gasteiger partial charge in [0.1, 0.15) is 11.6 Å². The summed E-state index contributed by atoms with van der Waals surface area (Å²) in [5.41, 5.74) is 0.676. The molecule has 0 radical (unpaired) electrons. The quantitative estimate of drug-likeness (QED) is 0.716. The van der Waals surface area contributed by atoms with Crippen LogP contribution in [0.3, 0.4) is 0 Å². The second-order valence-corrected chi connectivity index (χ2v) is 9.45. The Kier molecular flexibility index (Phi) is 7.30. The molecule has 3 fully saturated rings. The maximum atomic E-state index is 13.2. The number of hydrogen-bond donors (Lipinski definition) is 2. The number of rotatable bonds is 6. The van der Waals surface area contributed by atoms with Crippen molar-refractivity contribution in [2.45, 2.75) is 76.7 Å². The third kappa shape index (κ3) is 5.69. The number of carboxylic acid groups (broad SMARTS) is 1. The lowest BCUT2D eigenvalue weighted by molar-refractivity contribution is -0.138. The Balaban J connectivity index is 1.55. The summed E-state index contributed by atoms with van der Waals surface area (Å²) < 4.78 is 0. The number of nitrogens with one attached hydrogen (secondary N) is 1. The minimum Gasteiger partial charge on any atom is -0.481 e. The lowest BCUT2D eigenvalue weighted by Crippen LogP contribution is -2.39. The molecule has 1 atom stereocenters. The molecule has 7 nitrogen and oxygen atoms in total. The first kappa shape index (κ1) is 21.9. The molecule has 3 heterocycles. The largest absolute Gasteiger partial charge is 0.481 e. The fraction of sp³-hybridized carbons (Fsp3) is 0.708. The van der Waals surface area contributed by atoms with Gasteiger partial charge < -0.3 is 20.2 Å². The van der Waals surface area contributed by atoms with Crippen LogP contribution in [0.2, 0.25) is 0 Å². The first-order valence-electron chi connectivity index (χ1n) is 12.1. The van der Waals surface area contributed by atoms with Crippen molar-refractivity contribution in [3.63, 3.8) is 0 Å². The second-order valence-electron chi connectivity index (χ2n) is 9.45. The van der Waals surface area contributed by atoms with Gasteiger partial charge >= 0.3 is 5.97 Å². The number of anilines is 2. The molecule has 1 saturated carbocycles. The molecule has 0 unspecified atom stereocenters. The van der Waals surface area contributed by atoms with Crippen molar-refractivity contribution >= 4 is 23.5 Å². The van der Waals surface area contributed by atoms with Crippen LogP contribution in [0.5, 0.6) is 0 Å². The van der Waals surface area contributed by atoms with Crippen LogP contribution in [-0.2, 0) is 4.79 Å². The minimum absolute atomic E-state index is 0.00563. The van der Waals surface area contributed by atoms with Crippen molar-refractivity contribution in [1.29, 1.82) is 0 Å². The minimum atomic E-state index is -0.733. The Bertz CT molecular complexity index is 772. The van der Waals surface area contributed by atoms with Crippen LogP contribution >= 0.6 is 0 Å². The van der Waals surface area contributed by atoms with Crippen LogP contribution in [0.25, 0.3) is 0 Å². The number of piperidine rings is 2. The Morgan fingerprint density at radius 1 is 0.935 bits per heavy atom. The molecule has 0 aromatic carbocycles. The molecule has 2 N–H and O–H groups in total. The summed E-state index contributed by atoms with van der Waals surface area (Å²) in [5.74, 6) is 1.08. The van der Waals surface area contributed by atoms with Gasteiger partial charge in [0.25, 0.3) is 5.91 Å². The molecule has 7 heteroatoms. The van der Waals surface area contributed by atoms with E-state index in [0.717, 1.165) is 69.8 Å². The van der Waals surface area contributed by atoms with Crippen molar-refractivity contribution in [3.8, 4) is 0 Å². The van der Waals surface area contributed by atoms with E-state index >= 15 is 0 Å². The van der Waals surface area contributed by atoms with Crippen molar-refractivity contribution in [1.82, 2.24) is 10.3 Å². The van der Waals surface area contributed by atoms with Crippen molar-refractivity contribution in [2.75, 3.05) is 36.0 Å². The summed E-state index contributed by atoms with van der Waals surface area (Å²) in [6, 6.07) is 4.16. The molecule has 2 aliphatic heterocycles. The Labute approximate surface area is 185 Å². The van der Waals surface area contributed by atoms with Gasteiger partial charge in [0.2, 0.25) is 0 Å². The highest BCUT2D eigenvalue weighted by molar-refractivity contribution is 5.99. The molecule has 1 amide bonds. The van der Waals surface area contributed by atoms with Crippen LogP contribution in [0.1, 0.15) is 81.0 Å². The second kappa shape index (κ2) is 10.3. The average Bonchev–Trinajstić information content (AvgIpc) is 2.80. The van der Waals surface area contributed by atoms with E-state index in [-0.39, 0.29) is 24.3 Å². The zero-order chi connectivity index (χ0) is 21.6. The molecular weight excluding hydrogens is 392 g/mol. The molecule has 1 aromatic heterocycles. The molecule has 0 spiro atoms. The molecule has 1 aromatic rings. The Hall–Kier alpha value is -2.31. The van der Waals surface area contributed by atoms with Gasteiger partial charge in [-0.2, -0.15) is 0 Å². The number of pyridine rings is 1. The molecule has 0 bridgehead atoms. The summed E-state index contributed by atoms with van der Waals surface area (Å²) in [6.45, 7) is 3.46. The van der Waals surface area contributed by atoms with E-state index in [0.29, 0.717) is 12.1 Å². The predicted octanol–water partition coefficient (Wildman–Crippen LogP) is 3.83. The number of hydrogen-bond acceptors (Lipinski definition) is 5. The molecule has 1 aliphatic carbocycles. The number of amides is 1. The highest BCUT2D eigenvalue weighted by atomic mass is 16.4. The van der Waals surface area contributed by atoms with Gasteiger partial charge in [-0.1, -0.05) is 19.3 Å². The topological polar surface area (TPSA) is 85.8 Å². The third-order valence-corrected chi connectivity index (χ3v) is 7.01. The third-order valence-electron chi connectivity index (χ3n) is 7.01. The number of carboxylic acids is 1. The average molecular weight is 429 g/mol. The molecule has 4 rings (SSSR count). The number of aliphatic carboxylic acids is 1. The maximum absolute atomic E-state index is 13.2. The monoisotopic (exact) mass is 428 g/mol. The van der Waals surface area contributed by atoms with Gasteiger partial charge in [-0.15, -0.1) is 0 Å². The van der Waals surface area contributed by atoms with Gasteiger partial charge in [-0.05, 0) is 63.0 Å². The first-order chi connectivity index (χ1) is 15.1. The van der Waals surface area contributed by atoms with Gasteiger partial charge in [0.15, 0.2) is 0 Å². The SMILES string of the molecule is O=C(O)C[C@@H]1CCCN(c2ccc(C(=O)NC3CCCCC3)c(N3CCCCC3)n2)C1. The summed E-state index contributed by atoms with van der Waals surface area (Å²) in [5, 5.41) is 12.4. The standard InChI is InChI=1S/C24H36N4O3/c29-22(30)16-18-8-7-15-28(17-18)21-12-11-20(23(26-21)27-13-5-2-6-14-27)24(31)25-19-9-3-1-4-10-19/h11-12,18-19H,1-10,13-17H2,(H,25,31)(H,29,30)/t18-/m0/s1. The first-order valence-corrected chi connectivity index (χ1v) is 12.1. The van der Waals surface area contributed by atoms with Crippen LogP contribution < -0.4 is 15.1 Å². The number of carbonyl (C=O) groups excluding carboxylic acids is 1. The molecule has 31 heavy (non-hydrogen) atoms. The zero-order valence-corrected chi connectivity index (χ0v) is 18.5. The fourth-order valence-electron chi connectivity index (χ4n) is 5.34. The van der Waals surface area contributed by atoms with Crippen LogP contribution in [-0.4, -0.2) is 54.2 Å². The van der Waals surface area contributed by atoms with Crippen molar-refractivity contribution < 1.29 is 14.7 Å². The molecular formula is C24H36N4O3. The van der Waals surface area contributed by atoms with E-state index in [4.69, 9.17) is 4.98 Å². The van der Waals surface area contributed by atoms with Gasteiger partial charge in [0.05, 0.1) is 5.56 Å². The maximum Gasteiger partial charge on any atom is 0.303 e. The number of nitrogens with zero attached hydrogens (tertiary/aromatic N) is 3. The summed E-state index contributed by atoms with van der Waals surface area (Å²) in [7, 11) is 0. The zero-order valence-electron chi connectivity index (χ0n) is 18.5. The fourth-order valence-corrected chi connectivity index (χ4v) is 5.34. The highest BCUT2D eigenvalue weighted by Gasteiger charge is 2.27. The lowest BCUT2D eigenvalue weighted by Gasteiger charge is -2.35. The number of carbonyl (C=O) groups is 2. The van der Waals surface area contributed by atoms with E-state index in [1.165, 1.54) is 25.7 Å². The smallest absolute Gasteiger partial charge is 0.303 e. The van der Waals surface area contributed by atoms with Gasteiger partial charge in [-0.25, -0.2) is 4.98 Å². The van der Waals surface area contributed by atoms with E-state index in [2.05, 4.69) is 15.1 Å². The Morgan fingerprint density at radius 3 is 2.39 bits per heavy atom. The van der Waals surface area contributed by atoms with E-state index in [9.17, 15) is 14.7 Å². The van der Waals surface area contributed by atoms with Gasteiger partial charge in [-0.3, -0.25) is 9.59 Å². The van der Waals surface area contributed by atoms with E-state index < -0.39 is 5.97 Å². The highest BCUT2D eigenvalue weighted by Crippen LogP contribution is 2.29. The van der Waals surface area contributed by atoms with E-state index in [1.807, 2.05) is 12.1 Å². The molecule has 170 valence electrons. The van der Waals surface area contributed by atoms with Crippen molar-refractivity contribution in [2.24, 2.45) is 5.92 Å². The summed E-state index contributed by atoms with van der Waals surface area (Å²) in [6.07, 6.45) is 11.4. The predicted molar refractivity (Wildman–Crippen MR) is 122 cm³/mol. The van der Waals surface area contributed by atoms with E-state index in [1.54, 1.807) is 0 Å². The van der Waals surface area contributed by atoms with Crippen molar-refractivity contribution in [3.05, 3.63) is 17.7 Å². The normalized spacial score (nSPS) is 22.9.